The molecule has 1 N–H and O–H groups in total. The van der Waals surface area contributed by atoms with Crippen LogP contribution in [0.1, 0.15) is 55.9 Å². The second kappa shape index (κ2) is 9.43. The normalized spacial score (nSPS) is 21.7. The number of ether oxygens (including phenoxy) is 1. The summed E-state index contributed by atoms with van der Waals surface area (Å²) >= 11 is 0. The number of likely N-dealkylation sites (tertiary alicyclic amines) is 1. The highest BCUT2D eigenvalue weighted by molar-refractivity contribution is 6.46. The molecule has 1 amide bonds. The molecule has 1 fully saturated rings. The van der Waals surface area contributed by atoms with Crippen molar-refractivity contribution in [1.82, 2.24) is 9.80 Å². The Morgan fingerprint density at radius 2 is 1.94 bits per heavy atom. The van der Waals surface area contributed by atoms with Crippen LogP contribution in [-0.4, -0.2) is 58.9 Å². The molecule has 7 heteroatoms. The summed E-state index contributed by atoms with van der Waals surface area (Å²) in [4.78, 5) is 30.0. The van der Waals surface area contributed by atoms with E-state index in [1.54, 1.807) is 24.3 Å². The minimum absolute atomic E-state index is 0.0693. The van der Waals surface area contributed by atoms with E-state index in [1.165, 1.54) is 4.90 Å². The minimum atomic E-state index is -0.751. The number of Topliss-reactive ketones (excluding diaryl/α,β-unsaturated/α-hetero) is 1. The number of aryl methyl sites for hydroxylation is 1. The second-order valence-electron chi connectivity index (χ2n) is 8.78. The van der Waals surface area contributed by atoms with E-state index in [0.29, 0.717) is 23.6 Å². The number of rotatable bonds is 8. The highest BCUT2D eigenvalue weighted by Crippen LogP contribution is 2.41. The molecule has 0 radical (unpaired) electrons. The number of amides is 1. The standard InChI is InChI=1S/C26H32N2O5/c1-5-27(6-2)12-7-13-28-23(21-10-8-16(3)32-21)22(25(30)26(28)31)24(29)18-9-11-20-19(15-18)14-17(4)33-20/h8-11,15,17,23,29H,5-7,12-14H2,1-4H3. The van der Waals surface area contributed by atoms with Gasteiger partial charge in [-0.05, 0) is 75.8 Å². The van der Waals surface area contributed by atoms with Gasteiger partial charge in [-0.1, -0.05) is 13.8 Å². The number of hydrogen-bond acceptors (Lipinski definition) is 6. The van der Waals surface area contributed by atoms with Crippen LogP contribution in [0, 0.1) is 6.92 Å². The molecule has 7 nitrogen and oxygen atoms in total. The number of hydrogen-bond donors (Lipinski definition) is 1. The van der Waals surface area contributed by atoms with Crippen LogP contribution in [0.25, 0.3) is 5.76 Å². The first kappa shape index (κ1) is 23.1. The Hall–Kier alpha value is -3.06. The zero-order valence-corrected chi connectivity index (χ0v) is 19.8. The molecule has 1 saturated heterocycles. The summed E-state index contributed by atoms with van der Waals surface area (Å²) in [5.74, 6) is 0.486. The molecule has 0 aliphatic carbocycles. The Balaban J connectivity index is 1.70. The van der Waals surface area contributed by atoms with Crippen LogP contribution in [0.5, 0.6) is 5.75 Å². The molecule has 1 aromatic carbocycles. The summed E-state index contributed by atoms with van der Waals surface area (Å²) in [6.07, 6.45) is 1.52. The first-order valence-corrected chi connectivity index (χ1v) is 11.7. The number of carbonyl (C=O) groups is 2. The topological polar surface area (TPSA) is 83.2 Å². The number of fused-ring (bicyclic) bond motifs is 1. The zero-order valence-electron chi connectivity index (χ0n) is 19.8. The maximum absolute atomic E-state index is 13.1. The third-order valence-corrected chi connectivity index (χ3v) is 6.51. The summed E-state index contributed by atoms with van der Waals surface area (Å²) in [6.45, 7) is 11.1. The first-order chi connectivity index (χ1) is 15.8. The van der Waals surface area contributed by atoms with Crippen LogP contribution in [0.4, 0.5) is 0 Å². The van der Waals surface area contributed by atoms with Gasteiger partial charge in [0.25, 0.3) is 11.7 Å². The van der Waals surface area contributed by atoms with Crippen LogP contribution < -0.4 is 4.74 Å². The number of nitrogens with zero attached hydrogens (tertiary/aromatic N) is 2. The Bertz CT molecular complexity index is 1080. The number of carbonyl (C=O) groups excluding carboxylic acids is 2. The summed E-state index contributed by atoms with van der Waals surface area (Å²) in [5.41, 5.74) is 1.55. The maximum Gasteiger partial charge on any atom is 0.295 e. The molecule has 0 spiro atoms. The van der Waals surface area contributed by atoms with Gasteiger partial charge in [-0.15, -0.1) is 0 Å². The fraction of sp³-hybridized carbons (Fsp3) is 0.462. The van der Waals surface area contributed by atoms with Crippen LogP contribution in [0.2, 0.25) is 0 Å². The lowest BCUT2D eigenvalue weighted by atomic mass is 9.97. The lowest BCUT2D eigenvalue weighted by molar-refractivity contribution is -0.140. The third-order valence-electron chi connectivity index (χ3n) is 6.51. The minimum Gasteiger partial charge on any atom is -0.507 e. The molecule has 0 saturated carbocycles. The molecule has 0 bridgehead atoms. The second-order valence-corrected chi connectivity index (χ2v) is 8.78. The lowest BCUT2D eigenvalue weighted by Gasteiger charge is -2.25. The molecular formula is C26H32N2O5. The smallest absolute Gasteiger partial charge is 0.295 e. The van der Waals surface area contributed by atoms with Crippen molar-refractivity contribution in [1.29, 1.82) is 0 Å². The van der Waals surface area contributed by atoms with Crippen LogP contribution in [0.15, 0.2) is 40.3 Å². The molecule has 3 heterocycles. The fourth-order valence-electron chi connectivity index (χ4n) is 4.74. The van der Waals surface area contributed by atoms with Gasteiger partial charge in [-0.25, -0.2) is 0 Å². The Morgan fingerprint density at radius 1 is 1.18 bits per heavy atom. The van der Waals surface area contributed by atoms with E-state index in [1.807, 2.05) is 19.9 Å². The highest BCUT2D eigenvalue weighted by Gasteiger charge is 2.47. The van der Waals surface area contributed by atoms with Gasteiger partial charge in [0.15, 0.2) is 0 Å². The summed E-state index contributed by atoms with van der Waals surface area (Å²) in [7, 11) is 0. The number of aliphatic hydroxyl groups is 1. The number of ketones is 1. The van der Waals surface area contributed by atoms with E-state index in [2.05, 4.69) is 18.7 Å². The lowest BCUT2D eigenvalue weighted by Crippen LogP contribution is -2.33. The van der Waals surface area contributed by atoms with Crippen molar-refractivity contribution in [3.63, 3.8) is 0 Å². The first-order valence-electron chi connectivity index (χ1n) is 11.7. The molecule has 33 heavy (non-hydrogen) atoms. The quantitative estimate of drug-likeness (QED) is 0.369. The van der Waals surface area contributed by atoms with Gasteiger partial charge in [0, 0.05) is 18.5 Å². The van der Waals surface area contributed by atoms with Gasteiger partial charge in [0.1, 0.15) is 35.2 Å². The fourth-order valence-corrected chi connectivity index (χ4v) is 4.74. The van der Waals surface area contributed by atoms with Crippen molar-refractivity contribution < 1.29 is 23.8 Å². The van der Waals surface area contributed by atoms with E-state index < -0.39 is 17.7 Å². The van der Waals surface area contributed by atoms with Gasteiger partial charge in [-0.2, -0.15) is 0 Å². The van der Waals surface area contributed by atoms with Crippen LogP contribution in [-0.2, 0) is 16.0 Å². The van der Waals surface area contributed by atoms with Crippen LogP contribution >= 0.6 is 0 Å². The Kier molecular flexibility index (Phi) is 6.61. The van der Waals surface area contributed by atoms with Crippen molar-refractivity contribution in [2.45, 2.75) is 52.7 Å². The highest BCUT2D eigenvalue weighted by atomic mass is 16.5. The number of benzene rings is 1. The van der Waals surface area contributed by atoms with E-state index in [-0.39, 0.29) is 17.4 Å². The van der Waals surface area contributed by atoms with Crippen molar-refractivity contribution in [3.8, 4) is 5.75 Å². The molecule has 176 valence electrons. The molecule has 1 aromatic heterocycles. The van der Waals surface area contributed by atoms with Gasteiger partial charge in [0.2, 0.25) is 0 Å². The van der Waals surface area contributed by atoms with E-state index in [4.69, 9.17) is 9.15 Å². The molecule has 2 aliphatic heterocycles. The largest absolute Gasteiger partial charge is 0.507 e. The number of aliphatic hydroxyl groups excluding tert-OH is 1. The SMILES string of the molecule is CCN(CC)CCCN1C(=O)C(=O)C(=C(O)c2ccc3c(c2)CC(C)O3)C1c1ccc(C)o1. The van der Waals surface area contributed by atoms with Gasteiger partial charge < -0.3 is 24.1 Å². The summed E-state index contributed by atoms with van der Waals surface area (Å²) in [5, 5.41) is 11.2. The average Bonchev–Trinajstić information content (AvgIpc) is 3.46. The van der Waals surface area contributed by atoms with Crippen molar-refractivity contribution >= 4 is 17.4 Å². The predicted octanol–water partition coefficient (Wildman–Crippen LogP) is 4.07. The van der Waals surface area contributed by atoms with Gasteiger partial charge >= 0.3 is 0 Å². The Morgan fingerprint density at radius 3 is 2.61 bits per heavy atom. The number of furan rings is 1. The van der Waals surface area contributed by atoms with E-state index in [9.17, 15) is 14.7 Å². The van der Waals surface area contributed by atoms with Crippen LogP contribution in [0.3, 0.4) is 0 Å². The molecule has 2 aromatic rings. The summed E-state index contributed by atoms with van der Waals surface area (Å²) in [6, 6.07) is 8.20. The van der Waals surface area contributed by atoms with Gasteiger partial charge in [0.05, 0.1) is 5.57 Å². The molecule has 4 rings (SSSR count). The van der Waals surface area contributed by atoms with E-state index in [0.717, 1.165) is 43.8 Å². The molecule has 2 aliphatic rings. The Labute approximate surface area is 194 Å². The summed E-state index contributed by atoms with van der Waals surface area (Å²) < 4.78 is 11.6. The van der Waals surface area contributed by atoms with Crippen molar-refractivity contribution in [2.75, 3.05) is 26.2 Å². The predicted molar refractivity (Wildman–Crippen MR) is 125 cm³/mol. The zero-order chi connectivity index (χ0) is 23.7. The molecule has 2 atom stereocenters. The third kappa shape index (κ3) is 4.42. The molecule has 2 unspecified atom stereocenters. The van der Waals surface area contributed by atoms with Crippen molar-refractivity contribution in [3.05, 3.63) is 58.6 Å². The van der Waals surface area contributed by atoms with E-state index >= 15 is 0 Å². The maximum atomic E-state index is 13.1. The monoisotopic (exact) mass is 452 g/mol. The average molecular weight is 453 g/mol. The molecular weight excluding hydrogens is 420 g/mol. The van der Waals surface area contributed by atoms with Crippen molar-refractivity contribution in [2.24, 2.45) is 0 Å². The van der Waals surface area contributed by atoms with Gasteiger partial charge in [-0.3, -0.25) is 9.59 Å².